The molecule has 50 heavy (non-hydrogen) atoms. The first kappa shape index (κ1) is 33.9. The van der Waals surface area contributed by atoms with Crippen molar-refractivity contribution in [1.82, 2.24) is 0 Å². The Hall–Kier alpha value is -5.97. The molecule has 3 aliphatic rings. The predicted octanol–water partition coefficient (Wildman–Crippen LogP) is 5.95. The number of fused-ring (bicyclic) bond motifs is 2. The normalized spacial score (nSPS) is 15.2. The lowest BCUT2D eigenvalue weighted by molar-refractivity contribution is -0.855. The molecule has 3 aliphatic heterocycles. The minimum absolute atomic E-state index is 0.0525. The Kier molecular flexibility index (Phi) is 9.67. The molecule has 7 rings (SSSR count). The van der Waals surface area contributed by atoms with Gasteiger partial charge in [-0.1, -0.05) is 45.0 Å². The third kappa shape index (κ3) is 7.84. The third-order valence-electron chi connectivity index (χ3n) is 7.90. The van der Waals surface area contributed by atoms with E-state index in [9.17, 15) is 15.0 Å². The van der Waals surface area contributed by atoms with Crippen LogP contribution in [0, 0.1) is 6.92 Å². The number of rotatable bonds is 6. The number of hydrogen-bond donors (Lipinski definition) is 3. The highest BCUT2D eigenvalue weighted by Gasteiger charge is 2.68. The van der Waals surface area contributed by atoms with Crippen LogP contribution in [0.15, 0.2) is 94.9 Å². The number of phenols is 2. The molecule has 11 heteroatoms. The number of carbonyl (C=O) groups excluding carboxylic acids is 1. The Labute approximate surface area is 291 Å². The van der Waals surface area contributed by atoms with E-state index in [2.05, 4.69) is 49.0 Å². The van der Waals surface area contributed by atoms with Crippen molar-refractivity contribution in [2.75, 3.05) is 31.5 Å². The molecule has 11 nitrogen and oxygen atoms in total. The van der Waals surface area contributed by atoms with Crippen LogP contribution in [-0.4, -0.2) is 88.1 Å². The van der Waals surface area contributed by atoms with Crippen LogP contribution >= 0.6 is 0 Å². The van der Waals surface area contributed by atoms with Crippen LogP contribution in [0.1, 0.15) is 48.6 Å². The van der Waals surface area contributed by atoms with Crippen LogP contribution in [0.5, 0.6) is 23.0 Å². The van der Waals surface area contributed by atoms with Gasteiger partial charge >= 0.3 is 12.1 Å². The molecule has 0 saturated carbocycles. The number of aliphatic imine (C=N–C) groups is 2. The summed E-state index contributed by atoms with van der Waals surface area (Å²) < 4.78 is 22.0. The van der Waals surface area contributed by atoms with Gasteiger partial charge in [0.2, 0.25) is 13.1 Å². The Bertz CT molecular complexity index is 1960. The molecule has 1 amide bonds. The summed E-state index contributed by atoms with van der Waals surface area (Å²) in [7, 11) is 0. The van der Waals surface area contributed by atoms with Gasteiger partial charge in [-0.3, -0.25) is 15.3 Å². The fraction of sp³-hybridized carbons (Fsp3) is 0.256. The number of nitrogens with one attached hydrogen (secondary N) is 1. The van der Waals surface area contributed by atoms with Crippen LogP contribution in [0.25, 0.3) is 0 Å². The number of aromatic hydroxyl groups is 2. The van der Waals surface area contributed by atoms with E-state index in [0.717, 1.165) is 41.3 Å². The Morgan fingerprint density at radius 1 is 0.820 bits per heavy atom. The third-order valence-corrected chi connectivity index (χ3v) is 7.90. The van der Waals surface area contributed by atoms with Crippen molar-refractivity contribution >= 4 is 36.6 Å². The van der Waals surface area contributed by atoms with Gasteiger partial charge in [-0.2, -0.15) is 0 Å². The SMILES string of the molecule is C1=[N+]2CC[N+]3=Cc4ccccc4OC23Oc2ccccc21.Cc1ccc(O)c(C=NCCN=Cc2cc(NC(=O)OC(C)(C)C)ccc2O)c1. The first-order valence-corrected chi connectivity index (χ1v) is 16.4. The molecule has 4 aromatic carbocycles. The first-order valence-electron chi connectivity index (χ1n) is 16.4. The van der Waals surface area contributed by atoms with E-state index in [1.807, 2.05) is 55.5 Å². The molecule has 0 aromatic heterocycles. The molecule has 0 aliphatic carbocycles. The van der Waals surface area contributed by atoms with Gasteiger partial charge in [0, 0.05) is 29.2 Å². The van der Waals surface area contributed by atoms with Gasteiger partial charge < -0.3 is 24.4 Å². The number of ether oxygens (including phenoxy) is 3. The maximum absolute atomic E-state index is 11.9. The number of aryl methyl sites for hydroxylation is 1. The molecule has 0 radical (unpaired) electrons. The van der Waals surface area contributed by atoms with Crippen molar-refractivity contribution < 1.29 is 38.4 Å². The van der Waals surface area contributed by atoms with Gasteiger partial charge in [-0.05, 0) is 82.3 Å². The van der Waals surface area contributed by atoms with Crippen molar-refractivity contribution in [2.24, 2.45) is 9.98 Å². The molecule has 1 saturated heterocycles. The first-order chi connectivity index (χ1) is 24.0. The lowest BCUT2D eigenvalue weighted by atomic mass is 10.1. The van der Waals surface area contributed by atoms with Crippen molar-refractivity contribution in [2.45, 2.75) is 39.3 Å². The zero-order valence-corrected chi connectivity index (χ0v) is 28.5. The molecule has 3 heterocycles. The summed E-state index contributed by atoms with van der Waals surface area (Å²) in [5.74, 6) is 1.95. The van der Waals surface area contributed by atoms with Crippen LogP contribution in [0.2, 0.25) is 0 Å². The van der Waals surface area contributed by atoms with E-state index < -0.39 is 17.7 Å². The number of para-hydroxylation sites is 2. The Balaban J connectivity index is 0.000000180. The van der Waals surface area contributed by atoms with E-state index in [0.29, 0.717) is 29.9 Å². The number of hydrogen-bond acceptors (Lipinski definition) is 8. The maximum Gasteiger partial charge on any atom is 0.704 e. The van der Waals surface area contributed by atoms with Crippen molar-refractivity contribution in [3.8, 4) is 23.0 Å². The predicted molar refractivity (Wildman–Crippen MR) is 193 cm³/mol. The van der Waals surface area contributed by atoms with Crippen molar-refractivity contribution in [1.29, 1.82) is 0 Å². The fourth-order valence-corrected chi connectivity index (χ4v) is 5.57. The summed E-state index contributed by atoms with van der Waals surface area (Å²) in [4.78, 5) is 20.4. The molecule has 1 spiro atoms. The Morgan fingerprint density at radius 3 is 1.90 bits per heavy atom. The summed E-state index contributed by atoms with van der Waals surface area (Å²) in [6, 6.07) is 25.2. The summed E-state index contributed by atoms with van der Waals surface area (Å²) >= 11 is 0. The van der Waals surface area contributed by atoms with Gasteiger partial charge in [-0.25, -0.2) is 4.79 Å². The number of anilines is 1. The molecule has 0 atom stereocenters. The number of amides is 1. The van der Waals surface area contributed by atoms with Gasteiger partial charge in [0.1, 0.15) is 17.1 Å². The number of benzene rings is 4. The maximum atomic E-state index is 11.9. The topological polar surface area (TPSA) is 128 Å². The average Bonchev–Trinajstić information content (AvgIpc) is 3.43. The summed E-state index contributed by atoms with van der Waals surface area (Å²) in [5.41, 5.74) is 4.25. The second-order valence-electron chi connectivity index (χ2n) is 13.0. The highest BCUT2D eigenvalue weighted by molar-refractivity contribution is 5.90. The van der Waals surface area contributed by atoms with E-state index >= 15 is 0 Å². The fourth-order valence-electron chi connectivity index (χ4n) is 5.57. The van der Waals surface area contributed by atoms with Crippen LogP contribution in [0.3, 0.4) is 0 Å². The molecule has 4 aromatic rings. The molecule has 0 unspecified atom stereocenters. The quantitative estimate of drug-likeness (QED) is 0.100. The molecule has 3 N–H and O–H groups in total. The van der Waals surface area contributed by atoms with E-state index in [1.165, 1.54) is 12.3 Å². The van der Waals surface area contributed by atoms with Crippen molar-refractivity contribution in [3.63, 3.8) is 0 Å². The summed E-state index contributed by atoms with van der Waals surface area (Å²) in [6.07, 6.45) is 6.82. The lowest BCUT2D eigenvalue weighted by Gasteiger charge is -2.26. The van der Waals surface area contributed by atoms with E-state index in [4.69, 9.17) is 14.2 Å². The van der Waals surface area contributed by atoms with E-state index in [1.54, 1.807) is 45.2 Å². The van der Waals surface area contributed by atoms with Gasteiger partial charge in [0.05, 0.1) is 24.2 Å². The average molecular weight is 676 g/mol. The Morgan fingerprint density at radius 2 is 1.34 bits per heavy atom. The molecule has 256 valence electrons. The molecule has 0 bridgehead atoms. The standard InChI is InChI=1S/C22H27N3O4.C17H14N2O2/c1-15-5-7-19(26)16(11-15)13-23-9-10-24-14-17-12-18(6-8-20(17)27)25-21(28)29-22(2,3)4;1-3-7-15-13(5-1)11-18-9-10-19-12-14-6-2-4-8-16(14)21-17(18,19)20-15/h5-8,11-14,26-27H,9-10H2,1-4H3,(H,25,28);1-8,11-12H,9-10H2/q;+2. The number of phenolic OH excluding ortho intramolecular Hbond substituents is 2. The second kappa shape index (κ2) is 14.3. The van der Waals surface area contributed by atoms with Gasteiger partial charge in [0.15, 0.2) is 23.9 Å². The number of nitrogens with zero attached hydrogens (tertiary/aromatic N) is 4. The summed E-state index contributed by atoms with van der Waals surface area (Å²) in [6.45, 7) is 9.88. The zero-order valence-electron chi connectivity index (χ0n) is 28.5. The highest BCUT2D eigenvalue weighted by Crippen LogP contribution is 2.36. The number of carbonyl (C=O) groups is 1. The van der Waals surface area contributed by atoms with Gasteiger partial charge in [0.25, 0.3) is 0 Å². The monoisotopic (exact) mass is 675 g/mol. The zero-order chi connectivity index (χ0) is 35.3. The van der Waals surface area contributed by atoms with Crippen LogP contribution in [-0.2, 0) is 4.74 Å². The van der Waals surface area contributed by atoms with Crippen LogP contribution < -0.4 is 14.8 Å². The lowest BCUT2D eigenvalue weighted by Crippen LogP contribution is -2.59. The minimum atomic E-state index is -0.872. The smallest absolute Gasteiger partial charge is 0.507 e. The molecular formula is C39H41N5O6+2. The molecule has 1 fully saturated rings. The van der Waals surface area contributed by atoms with E-state index in [-0.39, 0.29) is 11.5 Å². The second-order valence-corrected chi connectivity index (χ2v) is 13.0. The minimum Gasteiger partial charge on any atom is -0.507 e. The van der Waals surface area contributed by atoms with Crippen LogP contribution in [0.4, 0.5) is 10.5 Å². The molecular weight excluding hydrogens is 634 g/mol. The largest absolute Gasteiger partial charge is 0.704 e. The van der Waals surface area contributed by atoms with Gasteiger partial charge in [-0.15, -0.1) is 0 Å². The highest BCUT2D eigenvalue weighted by atomic mass is 16.7. The summed E-state index contributed by atoms with van der Waals surface area (Å²) in [5, 5.41) is 22.4. The van der Waals surface area contributed by atoms with Crippen molar-refractivity contribution in [3.05, 3.63) is 113 Å².